The molecule has 4 rings (SSSR count). The van der Waals surface area contributed by atoms with E-state index in [1.807, 2.05) is 49.9 Å². The van der Waals surface area contributed by atoms with Gasteiger partial charge in [-0.05, 0) is 81.4 Å². The summed E-state index contributed by atoms with van der Waals surface area (Å²) in [6.07, 6.45) is 0.980. The Balaban J connectivity index is 1.72. The molecule has 1 aromatic heterocycles. The number of nitrogens with zero attached hydrogens (tertiary/aromatic N) is 3. The minimum absolute atomic E-state index is 0.175. The number of hydrogen-bond acceptors (Lipinski definition) is 6. The summed E-state index contributed by atoms with van der Waals surface area (Å²) in [5.41, 5.74) is 3.35. The van der Waals surface area contributed by atoms with Crippen molar-refractivity contribution in [2.45, 2.75) is 39.3 Å². The van der Waals surface area contributed by atoms with Gasteiger partial charge in [-0.3, -0.25) is 0 Å². The smallest absolute Gasteiger partial charge is 0.258 e. The largest absolute Gasteiger partial charge is 0.497 e. The van der Waals surface area contributed by atoms with Gasteiger partial charge in [-0.15, -0.1) is 0 Å². The van der Waals surface area contributed by atoms with E-state index in [2.05, 4.69) is 15.5 Å². The van der Waals surface area contributed by atoms with Crippen molar-refractivity contribution in [3.63, 3.8) is 0 Å². The van der Waals surface area contributed by atoms with Crippen LogP contribution in [0.3, 0.4) is 0 Å². The van der Waals surface area contributed by atoms with E-state index in [1.54, 1.807) is 19.2 Å². The molecule has 0 amide bonds. The zero-order valence-electron chi connectivity index (χ0n) is 20.2. The fourth-order valence-electron chi connectivity index (χ4n) is 3.99. The zero-order valence-corrected chi connectivity index (χ0v) is 21.1. The third-order valence-corrected chi connectivity index (χ3v) is 6.10. The van der Waals surface area contributed by atoms with E-state index in [-0.39, 0.29) is 18.0 Å². The van der Waals surface area contributed by atoms with E-state index >= 15 is 0 Å². The first-order valence-corrected chi connectivity index (χ1v) is 11.9. The first-order valence-electron chi connectivity index (χ1n) is 11.5. The molecule has 1 atom stereocenters. The summed E-state index contributed by atoms with van der Waals surface area (Å²) in [5.74, 6) is 1.16. The van der Waals surface area contributed by atoms with Gasteiger partial charge >= 0.3 is 0 Å². The van der Waals surface area contributed by atoms with Gasteiger partial charge in [0.25, 0.3) is 5.89 Å². The molecule has 1 N–H and O–H groups in total. The van der Waals surface area contributed by atoms with Crippen molar-refractivity contribution in [2.75, 3.05) is 20.3 Å². The number of benzene rings is 2. The van der Waals surface area contributed by atoms with E-state index in [1.165, 1.54) is 12.1 Å². The molecular weight excluding hydrogens is 467 g/mol. The van der Waals surface area contributed by atoms with Crippen molar-refractivity contribution in [3.05, 3.63) is 71.5 Å². The highest BCUT2D eigenvalue weighted by Gasteiger charge is 2.34. The molecule has 0 saturated heterocycles. The van der Waals surface area contributed by atoms with Gasteiger partial charge in [0.2, 0.25) is 5.82 Å². The monoisotopic (exact) mass is 496 g/mol. The maximum absolute atomic E-state index is 13.4. The second-order valence-electron chi connectivity index (χ2n) is 8.51. The molecule has 0 fully saturated rings. The lowest BCUT2D eigenvalue weighted by Gasteiger charge is -2.37. The van der Waals surface area contributed by atoms with Gasteiger partial charge in [0.1, 0.15) is 11.6 Å². The third-order valence-electron chi connectivity index (χ3n) is 5.76. The number of rotatable bonds is 9. The maximum Gasteiger partial charge on any atom is 0.258 e. The number of allylic oxidation sites excluding steroid dienone is 1. The molecule has 1 unspecified atom stereocenters. The molecule has 3 aromatic rings. The molecule has 7 nitrogen and oxygen atoms in total. The number of ether oxygens (including phenoxy) is 2. The Hall–Kier alpha value is -3.30. The lowest BCUT2D eigenvalue weighted by Crippen LogP contribution is -2.46. The van der Waals surface area contributed by atoms with Gasteiger partial charge in [0.05, 0.1) is 24.8 Å². The Morgan fingerprint density at radius 2 is 1.97 bits per heavy atom. The normalized spacial score (nSPS) is 16.1. The summed E-state index contributed by atoms with van der Waals surface area (Å²) in [7, 11) is 1.63. The van der Waals surface area contributed by atoms with Crippen molar-refractivity contribution in [1.29, 1.82) is 0 Å². The average molecular weight is 497 g/mol. The lowest BCUT2D eigenvalue weighted by atomic mass is 9.94. The second-order valence-corrected chi connectivity index (χ2v) is 8.90. The molecule has 0 aliphatic carbocycles. The van der Waals surface area contributed by atoms with Crippen LogP contribution in [0.25, 0.3) is 17.0 Å². The van der Waals surface area contributed by atoms with Gasteiger partial charge in [-0.1, -0.05) is 17.3 Å². The topological polar surface area (TPSA) is 72.7 Å². The van der Waals surface area contributed by atoms with Crippen molar-refractivity contribution in [1.82, 2.24) is 20.4 Å². The Bertz CT molecular complexity index is 1210. The van der Waals surface area contributed by atoms with Gasteiger partial charge in [0, 0.05) is 24.4 Å². The van der Waals surface area contributed by atoms with E-state index < -0.39 is 0 Å². The van der Waals surface area contributed by atoms with Crippen LogP contribution in [0.4, 0.5) is 4.39 Å². The predicted molar refractivity (Wildman–Crippen MR) is 136 cm³/mol. The molecule has 9 heteroatoms. The molecule has 2 aromatic carbocycles. The van der Waals surface area contributed by atoms with Crippen molar-refractivity contribution < 1.29 is 18.4 Å². The zero-order chi connectivity index (χ0) is 24.9. The lowest BCUT2D eigenvalue weighted by molar-refractivity contribution is 0.0749. The van der Waals surface area contributed by atoms with Crippen LogP contribution in [0.15, 0.2) is 58.8 Å². The molecule has 0 spiro atoms. The highest BCUT2D eigenvalue weighted by atomic mass is 32.1. The SMILES string of the molecule is COc1cccc(C2NC(=S)N(CCCOC(C)C)C(C)=C2c2nc(-c3ccc(F)cc3)no2)c1. The molecule has 184 valence electrons. The van der Waals surface area contributed by atoms with Crippen molar-refractivity contribution in [2.24, 2.45) is 0 Å². The molecule has 1 aliphatic heterocycles. The summed E-state index contributed by atoms with van der Waals surface area (Å²) < 4.78 is 30.3. The van der Waals surface area contributed by atoms with Crippen LogP contribution in [0.1, 0.15) is 44.7 Å². The number of thiocarbonyl (C=S) groups is 1. The number of aromatic nitrogens is 2. The summed E-state index contributed by atoms with van der Waals surface area (Å²) in [4.78, 5) is 6.69. The van der Waals surface area contributed by atoms with Crippen LogP contribution < -0.4 is 10.1 Å². The minimum atomic E-state index is -0.323. The fourth-order valence-corrected chi connectivity index (χ4v) is 4.34. The van der Waals surface area contributed by atoms with Gasteiger partial charge in [-0.25, -0.2) is 4.39 Å². The third kappa shape index (κ3) is 5.68. The minimum Gasteiger partial charge on any atom is -0.497 e. The number of methoxy groups -OCH3 is 1. The van der Waals surface area contributed by atoms with Crippen molar-refractivity contribution >= 4 is 22.9 Å². The number of nitrogens with one attached hydrogen (secondary N) is 1. The fraction of sp³-hybridized carbons (Fsp3) is 0.346. The van der Waals surface area contributed by atoms with Gasteiger partial charge in [0.15, 0.2) is 5.11 Å². The summed E-state index contributed by atoms with van der Waals surface area (Å²) >= 11 is 5.75. The highest BCUT2D eigenvalue weighted by Crippen LogP contribution is 2.38. The van der Waals surface area contributed by atoms with Gasteiger partial charge in [-0.2, -0.15) is 4.98 Å². The molecule has 0 radical (unpaired) electrons. The quantitative estimate of drug-likeness (QED) is 0.314. The molecule has 1 aliphatic rings. The first-order chi connectivity index (χ1) is 16.9. The summed E-state index contributed by atoms with van der Waals surface area (Å²) in [5, 5.41) is 8.22. The average Bonchev–Trinajstić information content (AvgIpc) is 3.33. The molecule has 35 heavy (non-hydrogen) atoms. The molecule has 2 heterocycles. The Morgan fingerprint density at radius 1 is 1.20 bits per heavy atom. The van der Waals surface area contributed by atoms with E-state index in [9.17, 15) is 4.39 Å². The molecule has 0 saturated carbocycles. The molecular formula is C26H29FN4O3S. The maximum atomic E-state index is 13.4. The standard InChI is InChI=1S/C26H29FN4O3S/c1-16(2)33-14-6-13-31-17(3)22(23(28-26(31)35)19-7-5-8-21(15-19)32-4)25-29-24(30-34-25)18-9-11-20(27)12-10-18/h5,7-12,15-16,23H,6,13-14H2,1-4H3,(H,28,35). The summed E-state index contributed by atoms with van der Waals surface area (Å²) in [6, 6.07) is 13.5. The van der Waals surface area contributed by atoms with Crippen LogP contribution in [-0.4, -0.2) is 46.5 Å². The second kappa shape index (κ2) is 11.0. The highest BCUT2D eigenvalue weighted by molar-refractivity contribution is 7.80. The van der Waals surface area contributed by atoms with Crippen LogP contribution in [0.2, 0.25) is 0 Å². The van der Waals surface area contributed by atoms with E-state index in [4.69, 9.17) is 26.2 Å². The van der Waals surface area contributed by atoms with Crippen LogP contribution in [-0.2, 0) is 4.74 Å². The van der Waals surface area contributed by atoms with Crippen LogP contribution in [0, 0.1) is 5.82 Å². The van der Waals surface area contributed by atoms with Crippen LogP contribution in [0.5, 0.6) is 5.75 Å². The van der Waals surface area contributed by atoms with E-state index in [0.717, 1.165) is 29.0 Å². The Morgan fingerprint density at radius 3 is 2.69 bits per heavy atom. The van der Waals surface area contributed by atoms with Gasteiger partial charge < -0.3 is 24.2 Å². The summed E-state index contributed by atoms with van der Waals surface area (Å²) in [6.45, 7) is 7.35. The van der Waals surface area contributed by atoms with Crippen molar-refractivity contribution in [3.8, 4) is 17.1 Å². The predicted octanol–water partition coefficient (Wildman–Crippen LogP) is 5.36. The number of hydrogen-bond donors (Lipinski definition) is 1. The first kappa shape index (κ1) is 24.8. The Labute approximate surface area is 209 Å². The van der Waals surface area contributed by atoms with E-state index in [0.29, 0.717) is 35.5 Å². The van der Waals surface area contributed by atoms with Crippen LogP contribution >= 0.6 is 12.2 Å². The number of halogens is 1. The Kier molecular flexibility index (Phi) is 7.77. The molecule has 0 bridgehead atoms.